The first-order valence-corrected chi connectivity index (χ1v) is 8.50. The minimum absolute atomic E-state index is 0.291. The Bertz CT molecular complexity index is 913. The van der Waals surface area contributed by atoms with E-state index in [0.29, 0.717) is 18.8 Å². The van der Waals surface area contributed by atoms with Crippen LogP contribution >= 0.6 is 0 Å². The number of ether oxygens (including phenoxy) is 1. The fraction of sp³-hybridized carbons (Fsp3) is 0.143. The number of carbonyl (C=O) groups is 1. The third kappa shape index (κ3) is 5.04. The molecule has 1 amide bonds. The Morgan fingerprint density at radius 1 is 1.07 bits per heavy atom. The van der Waals surface area contributed by atoms with Gasteiger partial charge in [0.2, 0.25) is 0 Å². The van der Waals surface area contributed by atoms with E-state index >= 15 is 0 Å². The number of methoxy groups -OCH3 is 1. The van der Waals surface area contributed by atoms with Crippen LogP contribution in [0.3, 0.4) is 0 Å². The number of rotatable bonds is 7. The van der Waals surface area contributed by atoms with Crippen molar-refractivity contribution in [1.29, 1.82) is 0 Å². The lowest BCUT2D eigenvalue weighted by Gasteiger charge is -2.11. The number of nitrogens with zero attached hydrogens (tertiary/aromatic N) is 1. The number of aromatic nitrogens is 1. The van der Waals surface area contributed by atoms with Gasteiger partial charge in [0.1, 0.15) is 17.3 Å². The Kier molecular flexibility index (Phi) is 5.99. The van der Waals surface area contributed by atoms with Crippen molar-refractivity contribution in [3.05, 3.63) is 89.5 Å². The van der Waals surface area contributed by atoms with Crippen molar-refractivity contribution in [2.45, 2.75) is 13.1 Å². The van der Waals surface area contributed by atoms with Crippen LogP contribution in [0.5, 0.6) is 5.75 Å². The number of amides is 1. The van der Waals surface area contributed by atoms with Crippen molar-refractivity contribution in [3.8, 4) is 5.75 Å². The first-order valence-electron chi connectivity index (χ1n) is 8.50. The van der Waals surface area contributed by atoms with Crippen LogP contribution < -0.4 is 15.4 Å². The van der Waals surface area contributed by atoms with E-state index in [2.05, 4.69) is 15.6 Å². The molecule has 0 bridgehead atoms. The number of nitrogens with one attached hydrogen (secondary N) is 2. The molecular weight excluding hydrogens is 345 g/mol. The van der Waals surface area contributed by atoms with Crippen molar-refractivity contribution < 1.29 is 13.9 Å². The molecule has 6 heteroatoms. The fourth-order valence-electron chi connectivity index (χ4n) is 2.59. The van der Waals surface area contributed by atoms with Gasteiger partial charge in [-0.3, -0.25) is 9.78 Å². The van der Waals surface area contributed by atoms with Crippen LogP contribution in [-0.2, 0) is 13.1 Å². The third-order valence-electron chi connectivity index (χ3n) is 4.03. The van der Waals surface area contributed by atoms with Gasteiger partial charge in [-0.15, -0.1) is 0 Å². The highest BCUT2D eigenvalue weighted by atomic mass is 19.1. The standard InChI is InChI=1S/C21H20FN3O2/c1-27-20-5-3-2-4-16(20)14-24-18-10-11-23-19(12-18)21(26)25-13-15-6-8-17(22)9-7-15/h2-12H,13-14H2,1H3,(H,23,24)(H,25,26). The van der Waals surface area contributed by atoms with E-state index in [4.69, 9.17) is 4.74 Å². The summed E-state index contributed by atoms with van der Waals surface area (Å²) in [5.41, 5.74) is 2.92. The molecule has 1 heterocycles. The van der Waals surface area contributed by atoms with Crippen molar-refractivity contribution in [3.63, 3.8) is 0 Å². The Morgan fingerprint density at radius 2 is 1.85 bits per heavy atom. The van der Waals surface area contributed by atoms with Gasteiger partial charge in [0.15, 0.2) is 0 Å². The Hall–Kier alpha value is -3.41. The molecule has 0 spiro atoms. The zero-order valence-corrected chi connectivity index (χ0v) is 14.9. The summed E-state index contributed by atoms with van der Waals surface area (Å²) in [6.45, 7) is 0.865. The lowest BCUT2D eigenvalue weighted by Crippen LogP contribution is -2.23. The van der Waals surface area contributed by atoms with Crippen LogP contribution in [0.15, 0.2) is 66.9 Å². The number of benzene rings is 2. The second kappa shape index (κ2) is 8.80. The Labute approximate surface area is 157 Å². The summed E-state index contributed by atoms with van der Waals surface area (Å²) in [5.74, 6) is 0.206. The molecule has 138 valence electrons. The number of pyridine rings is 1. The summed E-state index contributed by atoms with van der Waals surface area (Å²) >= 11 is 0. The average molecular weight is 365 g/mol. The molecule has 0 aliphatic heterocycles. The van der Waals surface area contributed by atoms with Gasteiger partial charge in [0.25, 0.3) is 5.91 Å². The van der Waals surface area contributed by atoms with Crippen molar-refractivity contribution in [2.75, 3.05) is 12.4 Å². The molecule has 0 aliphatic carbocycles. The smallest absolute Gasteiger partial charge is 0.270 e. The molecule has 0 saturated heterocycles. The van der Waals surface area contributed by atoms with E-state index in [-0.39, 0.29) is 11.7 Å². The monoisotopic (exact) mass is 365 g/mol. The summed E-state index contributed by atoms with van der Waals surface area (Å²) in [7, 11) is 1.63. The van der Waals surface area contributed by atoms with Crippen LogP contribution in [0.1, 0.15) is 21.6 Å². The van der Waals surface area contributed by atoms with Crippen molar-refractivity contribution in [1.82, 2.24) is 10.3 Å². The largest absolute Gasteiger partial charge is 0.496 e. The van der Waals surface area contributed by atoms with E-state index in [1.54, 1.807) is 37.6 Å². The molecule has 0 saturated carbocycles. The highest BCUT2D eigenvalue weighted by Crippen LogP contribution is 2.19. The van der Waals surface area contributed by atoms with Crippen LogP contribution in [0, 0.1) is 5.82 Å². The predicted molar refractivity (Wildman–Crippen MR) is 102 cm³/mol. The van der Waals surface area contributed by atoms with E-state index in [9.17, 15) is 9.18 Å². The molecule has 1 aromatic heterocycles. The van der Waals surface area contributed by atoms with Gasteiger partial charge in [-0.1, -0.05) is 30.3 Å². The van der Waals surface area contributed by atoms with E-state index in [1.165, 1.54) is 12.1 Å². The maximum absolute atomic E-state index is 12.9. The molecule has 0 radical (unpaired) electrons. The molecular formula is C21H20FN3O2. The summed E-state index contributed by atoms with van der Waals surface area (Å²) in [5, 5.41) is 6.05. The quantitative estimate of drug-likeness (QED) is 0.669. The summed E-state index contributed by atoms with van der Waals surface area (Å²) in [4.78, 5) is 16.4. The zero-order valence-electron chi connectivity index (χ0n) is 14.9. The highest BCUT2D eigenvalue weighted by Gasteiger charge is 2.08. The maximum Gasteiger partial charge on any atom is 0.270 e. The molecule has 3 aromatic rings. The van der Waals surface area contributed by atoms with Crippen LogP contribution in [0.2, 0.25) is 0 Å². The first-order chi connectivity index (χ1) is 13.2. The SMILES string of the molecule is COc1ccccc1CNc1ccnc(C(=O)NCc2ccc(F)cc2)c1. The first kappa shape index (κ1) is 18.4. The number of carbonyl (C=O) groups excluding carboxylic acids is 1. The molecule has 2 aromatic carbocycles. The van der Waals surface area contributed by atoms with Gasteiger partial charge in [0, 0.05) is 30.5 Å². The molecule has 3 rings (SSSR count). The average Bonchev–Trinajstić information content (AvgIpc) is 2.72. The van der Waals surface area contributed by atoms with Crippen molar-refractivity contribution in [2.24, 2.45) is 0 Å². The third-order valence-corrected chi connectivity index (χ3v) is 4.03. The van der Waals surface area contributed by atoms with Gasteiger partial charge in [-0.2, -0.15) is 0 Å². The molecule has 0 fully saturated rings. The van der Waals surface area contributed by atoms with Gasteiger partial charge in [0.05, 0.1) is 7.11 Å². The number of hydrogen-bond donors (Lipinski definition) is 2. The number of anilines is 1. The van der Waals surface area contributed by atoms with Gasteiger partial charge < -0.3 is 15.4 Å². The Balaban J connectivity index is 1.60. The van der Waals surface area contributed by atoms with Crippen LogP contribution in [0.25, 0.3) is 0 Å². The van der Waals surface area contributed by atoms with Gasteiger partial charge in [-0.05, 0) is 35.9 Å². The molecule has 27 heavy (non-hydrogen) atoms. The fourth-order valence-corrected chi connectivity index (χ4v) is 2.59. The zero-order chi connectivity index (χ0) is 19.1. The number of halogens is 1. The molecule has 0 aliphatic rings. The van der Waals surface area contributed by atoms with E-state index in [0.717, 1.165) is 22.6 Å². The normalized spacial score (nSPS) is 10.3. The van der Waals surface area contributed by atoms with Gasteiger partial charge in [-0.25, -0.2) is 4.39 Å². The summed E-state index contributed by atoms with van der Waals surface area (Å²) < 4.78 is 18.3. The highest BCUT2D eigenvalue weighted by molar-refractivity contribution is 5.93. The van der Waals surface area contributed by atoms with Crippen LogP contribution in [-0.4, -0.2) is 18.0 Å². The van der Waals surface area contributed by atoms with E-state index < -0.39 is 0 Å². The number of para-hydroxylation sites is 1. The van der Waals surface area contributed by atoms with E-state index in [1.807, 2.05) is 24.3 Å². The second-order valence-corrected chi connectivity index (χ2v) is 5.90. The molecule has 2 N–H and O–H groups in total. The molecule has 0 atom stereocenters. The molecule has 5 nitrogen and oxygen atoms in total. The van der Waals surface area contributed by atoms with Gasteiger partial charge >= 0.3 is 0 Å². The number of hydrogen-bond acceptors (Lipinski definition) is 4. The summed E-state index contributed by atoms with van der Waals surface area (Å²) in [6, 6.07) is 17.2. The minimum Gasteiger partial charge on any atom is -0.496 e. The second-order valence-electron chi connectivity index (χ2n) is 5.90. The summed E-state index contributed by atoms with van der Waals surface area (Å²) in [6.07, 6.45) is 1.58. The maximum atomic E-state index is 12.9. The predicted octanol–water partition coefficient (Wildman–Crippen LogP) is 3.77. The van der Waals surface area contributed by atoms with Crippen molar-refractivity contribution >= 4 is 11.6 Å². The Morgan fingerprint density at radius 3 is 2.63 bits per heavy atom. The minimum atomic E-state index is -0.305. The van der Waals surface area contributed by atoms with Crippen LogP contribution in [0.4, 0.5) is 10.1 Å². The topological polar surface area (TPSA) is 63.2 Å². The lowest BCUT2D eigenvalue weighted by molar-refractivity contribution is 0.0946. The lowest BCUT2D eigenvalue weighted by atomic mass is 10.2. The molecule has 0 unspecified atom stereocenters.